The van der Waals surface area contributed by atoms with Gasteiger partial charge in [-0.3, -0.25) is 0 Å². The van der Waals surface area contributed by atoms with Crippen LogP contribution in [0, 0.1) is 0 Å². The molecule has 9 heavy (non-hydrogen) atoms. The second-order valence-corrected chi connectivity index (χ2v) is 2.48. The molecule has 3 heteroatoms. The van der Waals surface area contributed by atoms with Crippen molar-refractivity contribution in [2.45, 2.75) is 13.8 Å². The van der Waals surface area contributed by atoms with E-state index in [1.54, 1.807) is 11.9 Å². The average Bonchev–Trinajstić information content (AvgIpc) is 1.91. The molecule has 0 radical (unpaired) electrons. The Kier molecular flexibility index (Phi) is 6.58. The smallest absolute Gasteiger partial charge is 0.108 e. The van der Waals surface area contributed by atoms with E-state index in [0.29, 0.717) is 0 Å². The van der Waals surface area contributed by atoms with Crippen LogP contribution in [0.2, 0.25) is 0 Å². The van der Waals surface area contributed by atoms with Crippen molar-refractivity contribution in [3.8, 4) is 0 Å². The molecule has 0 aromatic heterocycles. The normalized spacial score (nSPS) is 10.7. The van der Waals surface area contributed by atoms with Gasteiger partial charge < -0.3 is 4.74 Å². The first-order valence-electron chi connectivity index (χ1n) is 3.21. The zero-order chi connectivity index (χ0) is 7.11. The molecule has 2 nitrogen and oxygen atoms in total. The Morgan fingerprint density at radius 3 is 2.44 bits per heavy atom. The first-order chi connectivity index (χ1) is 4.35. The van der Waals surface area contributed by atoms with E-state index in [-0.39, 0.29) is 0 Å². The zero-order valence-corrected chi connectivity index (χ0v) is 7.20. The first-order valence-corrected chi connectivity index (χ1v) is 4.40. The van der Waals surface area contributed by atoms with Crippen molar-refractivity contribution >= 4 is 11.9 Å². The molecular formula is C6H15NOS. The molecule has 0 aromatic carbocycles. The molecule has 0 aliphatic rings. The van der Waals surface area contributed by atoms with E-state index in [0.717, 1.165) is 19.9 Å². The van der Waals surface area contributed by atoms with Gasteiger partial charge in [-0.25, -0.2) is 4.31 Å². The predicted molar refractivity (Wildman–Crippen MR) is 42.4 cm³/mol. The standard InChI is InChI=1S/C6H15NOS/c1-4-7(9-3)6-8-5-2/h4-6H2,1-3H3. The van der Waals surface area contributed by atoms with E-state index in [1.807, 2.05) is 6.92 Å². The fourth-order valence-electron chi connectivity index (χ4n) is 0.466. The summed E-state index contributed by atoms with van der Waals surface area (Å²) in [5.74, 6) is 0. The van der Waals surface area contributed by atoms with Gasteiger partial charge in [0.2, 0.25) is 0 Å². The molecule has 0 N–H and O–H groups in total. The second-order valence-electron chi connectivity index (χ2n) is 1.60. The minimum Gasteiger partial charge on any atom is -0.366 e. The first kappa shape index (κ1) is 9.27. The van der Waals surface area contributed by atoms with E-state index >= 15 is 0 Å². The van der Waals surface area contributed by atoms with Gasteiger partial charge in [0.15, 0.2) is 0 Å². The van der Waals surface area contributed by atoms with Gasteiger partial charge in [-0.15, -0.1) is 0 Å². The molecule has 0 bridgehead atoms. The van der Waals surface area contributed by atoms with Crippen LogP contribution in [0.15, 0.2) is 0 Å². The zero-order valence-electron chi connectivity index (χ0n) is 6.39. The highest BCUT2D eigenvalue weighted by atomic mass is 32.2. The van der Waals surface area contributed by atoms with E-state index in [4.69, 9.17) is 4.74 Å². The Hall–Kier alpha value is 0.270. The van der Waals surface area contributed by atoms with Crippen LogP contribution in [0.4, 0.5) is 0 Å². The summed E-state index contributed by atoms with van der Waals surface area (Å²) in [5, 5.41) is 0. The average molecular weight is 149 g/mol. The Morgan fingerprint density at radius 2 is 2.11 bits per heavy atom. The van der Waals surface area contributed by atoms with Crippen molar-refractivity contribution in [3.05, 3.63) is 0 Å². The number of nitrogens with zero attached hydrogens (tertiary/aromatic N) is 1. The van der Waals surface area contributed by atoms with Crippen molar-refractivity contribution in [2.75, 3.05) is 26.1 Å². The summed E-state index contributed by atoms with van der Waals surface area (Å²) in [6.45, 7) is 6.72. The van der Waals surface area contributed by atoms with Crippen molar-refractivity contribution in [1.29, 1.82) is 0 Å². The molecule has 0 atom stereocenters. The van der Waals surface area contributed by atoms with E-state index < -0.39 is 0 Å². The highest BCUT2D eigenvalue weighted by molar-refractivity contribution is 7.96. The largest absolute Gasteiger partial charge is 0.366 e. The van der Waals surface area contributed by atoms with Gasteiger partial charge in [-0.2, -0.15) is 0 Å². The fourth-order valence-corrected chi connectivity index (χ4v) is 0.904. The Balaban J connectivity index is 3.09. The molecule has 0 heterocycles. The highest BCUT2D eigenvalue weighted by Crippen LogP contribution is 2.02. The van der Waals surface area contributed by atoms with Gasteiger partial charge in [-0.05, 0) is 13.2 Å². The van der Waals surface area contributed by atoms with E-state index in [1.165, 1.54) is 0 Å². The van der Waals surface area contributed by atoms with Crippen LogP contribution >= 0.6 is 11.9 Å². The lowest BCUT2D eigenvalue weighted by atomic mass is 10.8. The van der Waals surface area contributed by atoms with Gasteiger partial charge >= 0.3 is 0 Å². The minimum absolute atomic E-state index is 0.744. The molecule has 0 unspecified atom stereocenters. The van der Waals surface area contributed by atoms with Crippen LogP contribution in [0.3, 0.4) is 0 Å². The summed E-state index contributed by atoms with van der Waals surface area (Å²) < 4.78 is 7.34. The van der Waals surface area contributed by atoms with Crippen LogP contribution < -0.4 is 0 Å². The third-order valence-electron chi connectivity index (χ3n) is 1.05. The van der Waals surface area contributed by atoms with Gasteiger partial charge in [0.1, 0.15) is 6.73 Å². The van der Waals surface area contributed by atoms with Crippen LogP contribution in [0.25, 0.3) is 0 Å². The third-order valence-corrected chi connectivity index (χ3v) is 1.93. The quantitative estimate of drug-likeness (QED) is 0.435. The van der Waals surface area contributed by atoms with Crippen molar-refractivity contribution in [2.24, 2.45) is 0 Å². The monoisotopic (exact) mass is 149 g/mol. The van der Waals surface area contributed by atoms with Crippen molar-refractivity contribution < 1.29 is 4.74 Å². The summed E-state index contributed by atoms with van der Waals surface area (Å²) in [5.41, 5.74) is 0. The van der Waals surface area contributed by atoms with E-state index in [9.17, 15) is 0 Å². The van der Waals surface area contributed by atoms with Gasteiger partial charge in [0.25, 0.3) is 0 Å². The summed E-state index contributed by atoms with van der Waals surface area (Å²) in [7, 11) is 0. The lowest BCUT2D eigenvalue weighted by Gasteiger charge is -2.15. The number of rotatable bonds is 5. The summed E-state index contributed by atoms with van der Waals surface area (Å²) in [6.07, 6.45) is 2.06. The molecular weight excluding hydrogens is 134 g/mol. The van der Waals surface area contributed by atoms with Gasteiger partial charge in [0, 0.05) is 13.2 Å². The molecule has 0 rings (SSSR count). The third kappa shape index (κ3) is 4.75. The van der Waals surface area contributed by atoms with Crippen molar-refractivity contribution in [3.63, 3.8) is 0 Å². The number of hydrogen-bond donors (Lipinski definition) is 0. The van der Waals surface area contributed by atoms with E-state index in [2.05, 4.69) is 17.5 Å². The molecule has 0 spiro atoms. The number of hydrogen-bond acceptors (Lipinski definition) is 3. The molecule has 0 saturated heterocycles. The Morgan fingerprint density at radius 1 is 1.44 bits per heavy atom. The lowest BCUT2D eigenvalue weighted by molar-refractivity contribution is 0.0885. The molecule has 0 aliphatic carbocycles. The SMILES string of the molecule is CCOCN(CC)SC. The summed E-state index contributed by atoms with van der Waals surface area (Å²) >= 11 is 1.72. The van der Waals surface area contributed by atoms with Gasteiger partial charge in [-0.1, -0.05) is 18.9 Å². The minimum atomic E-state index is 0.744. The molecule has 0 fully saturated rings. The molecule has 0 amide bonds. The summed E-state index contributed by atoms with van der Waals surface area (Å²) in [6, 6.07) is 0. The van der Waals surface area contributed by atoms with Crippen LogP contribution in [-0.2, 0) is 4.74 Å². The second kappa shape index (κ2) is 6.39. The Bertz CT molecular complexity index is 57.0. The topological polar surface area (TPSA) is 12.5 Å². The maximum absolute atomic E-state index is 5.18. The van der Waals surface area contributed by atoms with Gasteiger partial charge in [0.05, 0.1) is 0 Å². The molecule has 0 aliphatic heterocycles. The maximum Gasteiger partial charge on any atom is 0.108 e. The summed E-state index contributed by atoms with van der Waals surface area (Å²) in [4.78, 5) is 0. The molecule has 0 saturated carbocycles. The van der Waals surface area contributed by atoms with Crippen LogP contribution in [-0.4, -0.2) is 30.4 Å². The highest BCUT2D eigenvalue weighted by Gasteiger charge is 1.95. The van der Waals surface area contributed by atoms with Crippen molar-refractivity contribution in [1.82, 2.24) is 4.31 Å². The number of ether oxygens (including phenoxy) is 1. The lowest BCUT2D eigenvalue weighted by Crippen LogP contribution is -2.17. The van der Waals surface area contributed by atoms with Crippen LogP contribution in [0.1, 0.15) is 13.8 Å². The molecule has 0 aromatic rings. The van der Waals surface area contributed by atoms with Crippen LogP contribution in [0.5, 0.6) is 0 Å². The Labute approximate surface area is 61.7 Å². The maximum atomic E-state index is 5.18. The predicted octanol–water partition coefficient (Wildman–Crippen LogP) is 1.58. The molecule has 56 valence electrons. The fraction of sp³-hybridized carbons (Fsp3) is 1.00.